The van der Waals surface area contributed by atoms with E-state index in [1.165, 1.54) is 0 Å². The maximum absolute atomic E-state index is 13.0. The van der Waals surface area contributed by atoms with Gasteiger partial charge in [0.25, 0.3) is 0 Å². The number of esters is 1. The second-order valence-corrected chi connectivity index (χ2v) is 7.16. The zero-order chi connectivity index (χ0) is 16.4. The minimum atomic E-state index is -0.671. The zero-order valence-corrected chi connectivity index (χ0v) is 14.3. The lowest BCUT2D eigenvalue weighted by Gasteiger charge is -2.44. The van der Waals surface area contributed by atoms with Crippen LogP contribution < -0.4 is 0 Å². The fourth-order valence-corrected chi connectivity index (χ4v) is 3.84. The third-order valence-electron chi connectivity index (χ3n) is 4.66. The Hall–Kier alpha value is -1.10. The lowest BCUT2D eigenvalue weighted by atomic mass is 9.75. The first kappa shape index (κ1) is 17.3. The van der Waals surface area contributed by atoms with E-state index in [-0.39, 0.29) is 29.8 Å². The molecule has 1 spiro atoms. The second kappa shape index (κ2) is 6.57. The number of ether oxygens (including phenoxy) is 2. The molecule has 2 fully saturated rings. The van der Waals surface area contributed by atoms with Gasteiger partial charge in [0.2, 0.25) is 5.91 Å². The van der Waals surface area contributed by atoms with Gasteiger partial charge in [-0.2, -0.15) is 0 Å². The van der Waals surface area contributed by atoms with E-state index in [1.807, 2.05) is 18.7 Å². The van der Waals surface area contributed by atoms with E-state index in [4.69, 9.17) is 9.47 Å². The van der Waals surface area contributed by atoms with Crippen molar-refractivity contribution in [1.29, 1.82) is 0 Å². The number of amides is 1. The molecule has 2 rings (SSSR count). The Kier molecular flexibility index (Phi) is 5.15. The van der Waals surface area contributed by atoms with E-state index < -0.39 is 5.60 Å². The third-order valence-corrected chi connectivity index (χ3v) is 4.66. The van der Waals surface area contributed by atoms with Gasteiger partial charge in [-0.15, -0.1) is 0 Å². The highest BCUT2D eigenvalue weighted by Crippen LogP contribution is 2.46. The highest BCUT2D eigenvalue weighted by Gasteiger charge is 2.57. The average Bonchev–Trinajstić information content (AvgIpc) is 2.72. The Balaban J connectivity index is 2.23. The molecule has 0 bridgehead atoms. The lowest BCUT2D eigenvalue weighted by Crippen LogP contribution is -2.53. The van der Waals surface area contributed by atoms with Gasteiger partial charge < -0.3 is 14.4 Å². The monoisotopic (exact) mass is 311 g/mol. The first-order valence-corrected chi connectivity index (χ1v) is 8.48. The Labute approximate surface area is 133 Å². The molecule has 0 unspecified atom stereocenters. The number of hydrogen-bond donors (Lipinski definition) is 0. The highest BCUT2D eigenvalue weighted by molar-refractivity contribution is 5.88. The fourth-order valence-electron chi connectivity index (χ4n) is 3.84. The zero-order valence-electron chi connectivity index (χ0n) is 14.3. The summed E-state index contributed by atoms with van der Waals surface area (Å²) in [6, 6.07) is 0. The maximum atomic E-state index is 13.0. The first-order valence-electron chi connectivity index (χ1n) is 8.48. The molecule has 0 saturated carbocycles. The van der Waals surface area contributed by atoms with Gasteiger partial charge >= 0.3 is 5.97 Å². The number of rotatable bonds is 5. The second-order valence-electron chi connectivity index (χ2n) is 7.16. The van der Waals surface area contributed by atoms with Crippen molar-refractivity contribution in [2.75, 3.05) is 19.7 Å². The lowest BCUT2D eigenvalue weighted by molar-refractivity contribution is -0.181. The molecule has 5 heteroatoms. The number of carbonyl (C=O) groups is 2. The van der Waals surface area contributed by atoms with Crippen molar-refractivity contribution in [3.8, 4) is 0 Å². The summed E-state index contributed by atoms with van der Waals surface area (Å²) in [6.07, 6.45) is 3.27. The molecule has 22 heavy (non-hydrogen) atoms. The Bertz CT molecular complexity index is 428. The number of carbonyl (C=O) groups excluding carboxylic acids is 2. The normalized spacial score (nSPS) is 30.4. The molecule has 2 aliphatic heterocycles. The average molecular weight is 311 g/mol. The summed E-state index contributed by atoms with van der Waals surface area (Å²) in [5.41, 5.74) is -1.03. The van der Waals surface area contributed by atoms with Crippen molar-refractivity contribution in [1.82, 2.24) is 4.90 Å². The van der Waals surface area contributed by atoms with Crippen LogP contribution >= 0.6 is 0 Å². The molecule has 0 aromatic carbocycles. The molecule has 0 aromatic rings. The van der Waals surface area contributed by atoms with Crippen LogP contribution in [0.5, 0.6) is 0 Å². The van der Waals surface area contributed by atoms with Gasteiger partial charge in [-0.1, -0.05) is 13.8 Å². The summed E-state index contributed by atoms with van der Waals surface area (Å²) in [7, 11) is 0. The molecule has 2 aliphatic rings. The standard InChI is InChI=1S/C17H29NO4/c1-5-8-18(9-6-2)15(20)13-11-14(19)22-17(13)7-10-21-16(3,4)12-17/h13H,5-12H2,1-4H3/t13-,17-/m1/s1. The van der Waals surface area contributed by atoms with Crippen LogP contribution in [0, 0.1) is 5.92 Å². The van der Waals surface area contributed by atoms with Gasteiger partial charge in [0.1, 0.15) is 5.60 Å². The molecule has 126 valence electrons. The van der Waals surface area contributed by atoms with E-state index in [1.54, 1.807) is 0 Å². The topological polar surface area (TPSA) is 55.8 Å². The molecule has 0 radical (unpaired) electrons. The predicted molar refractivity (Wildman–Crippen MR) is 83.4 cm³/mol. The van der Waals surface area contributed by atoms with E-state index in [9.17, 15) is 9.59 Å². The van der Waals surface area contributed by atoms with Crippen LogP contribution in [-0.4, -0.2) is 47.7 Å². The summed E-state index contributed by atoms with van der Waals surface area (Å²) < 4.78 is 11.5. The third kappa shape index (κ3) is 3.45. The van der Waals surface area contributed by atoms with Crippen LogP contribution in [0.25, 0.3) is 0 Å². The summed E-state index contributed by atoms with van der Waals surface area (Å²) in [5.74, 6) is -0.530. The summed E-state index contributed by atoms with van der Waals surface area (Å²) >= 11 is 0. The molecule has 0 N–H and O–H groups in total. The van der Waals surface area contributed by atoms with E-state index in [0.29, 0.717) is 19.4 Å². The molecular formula is C17H29NO4. The molecule has 1 amide bonds. The summed E-state index contributed by atoms with van der Waals surface area (Å²) in [6.45, 7) is 10.2. The van der Waals surface area contributed by atoms with E-state index in [2.05, 4.69) is 13.8 Å². The Morgan fingerprint density at radius 1 is 1.27 bits per heavy atom. The molecule has 0 aliphatic carbocycles. The summed E-state index contributed by atoms with van der Waals surface area (Å²) in [5, 5.41) is 0. The Morgan fingerprint density at radius 3 is 2.45 bits per heavy atom. The first-order chi connectivity index (χ1) is 10.3. The molecule has 0 aromatic heterocycles. The molecule has 5 nitrogen and oxygen atoms in total. The molecular weight excluding hydrogens is 282 g/mol. The van der Waals surface area contributed by atoms with Crippen molar-refractivity contribution >= 4 is 11.9 Å². The molecule has 2 atom stereocenters. The minimum absolute atomic E-state index is 0.0762. The van der Waals surface area contributed by atoms with Crippen molar-refractivity contribution in [3.05, 3.63) is 0 Å². The van der Waals surface area contributed by atoms with E-state index in [0.717, 1.165) is 25.9 Å². The van der Waals surface area contributed by atoms with Crippen molar-refractivity contribution in [3.63, 3.8) is 0 Å². The highest BCUT2D eigenvalue weighted by atomic mass is 16.6. The van der Waals surface area contributed by atoms with Gasteiger partial charge in [0.15, 0.2) is 0 Å². The van der Waals surface area contributed by atoms with Crippen molar-refractivity contribution in [2.24, 2.45) is 5.92 Å². The largest absolute Gasteiger partial charge is 0.458 e. The fraction of sp³-hybridized carbons (Fsp3) is 0.882. The van der Waals surface area contributed by atoms with Gasteiger partial charge in [0, 0.05) is 25.9 Å². The molecule has 2 heterocycles. The van der Waals surface area contributed by atoms with Crippen LogP contribution in [0.4, 0.5) is 0 Å². The van der Waals surface area contributed by atoms with Gasteiger partial charge in [0.05, 0.1) is 24.5 Å². The van der Waals surface area contributed by atoms with Gasteiger partial charge in [-0.3, -0.25) is 9.59 Å². The van der Waals surface area contributed by atoms with Gasteiger partial charge in [-0.25, -0.2) is 0 Å². The predicted octanol–water partition coefficient (Wildman–Crippen LogP) is 2.53. The van der Waals surface area contributed by atoms with Crippen LogP contribution in [0.15, 0.2) is 0 Å². The van der Waals surface area contributed by atoms with Crippen molar-refractivity contribution in [2.45, 2.75) is 71.0 Å². The minimum Gasteiger partial charge on any atom is -0.458 e. The quantitative estimate of drug-likeness (QED) is 0.732. The number of hydrogen-bond acceptors (Lipinski definition) is 4. The van der Waals surface area contributed by atoms with Crippen LogP contribution in [0.2, 0.25) is 0 Å². The van der Waals surface area contributed by atoms with Crippen LogP contribution in [-0.2, 0) is 19.1 Å². The number of nitrogens with zero attached hydrogens (tertiary/aromatic N) is 1. The summed E-state index contributed by atoms with van der Waals surface area (Å²) in [4.78, 5) is 26.9. The Morgan fingerprint density at radius 2 is 1.91 bits per heavy atom. The molecule has 2 saturated heterocycles. The van der Waals surface area contributed by atoms with E-state index >= 15 is 0 Å². The SMILES string of the molecule is CCCN(CCC)C(=O)[C@H]1CC(=O)O[C@@]12CCOC(C)(C)C2. The van der Waals surface area contributed by atoms with Crippen LogP contribution in [0.3, 0.4) is 0 Å². The van der Waals surface area contributed by atoms with Crippen LogP contribution in [0.1, 0.15) is 59.8 Å². The van der Waals surface area contributed by atoms with Crippen molar-refractivity contribution < 1.29 is 19.1 Å². The maximum Gasteiger partial charge on any atom is 0.307 e. The van der Waals surface area contributed by atoms with Gasteiger partial charge in [-0.05, 0) is 26.7 Å². The smallest absolute Gasteiger partial charge is 0.307 e.